The van der Waals surface area contributed by atoms with E-state index in [9.17, 15) is 0 Å². The van der Waals surface area contributed by atoms with Gasteiger partial charge in [0.15, 0.2) is 0 Å². The highest BCUT2D eigenvalue weighted by Crippen LogP contribution is 2.28. The molecular formula is C12H18OS. The molecule has 0 spiro atoms. The van der Waals surface area contributed by atoms with E-state index in [2.05, 4.69) is 32.9 Å². The van der Waals surface area contributed by atoms with Crippen LogP contribution in [-0.4, -0.2) is 11.9 Å². The predicted molar refractivity (Wildman–Crippen MR) is 63.3 cm³/mol. The van der Waals surface area contributed by atoms with E-state index in [1.54, 1.807) is 0 Å². The Morgan fingerprint density at radius 1 is 1.36 bits per heavy atom. The third kappa shape index (κ3) is 3.26. The van der Waals surface area contributed by atoms with Gasteiger partial charge in [0.1, 0.15) is 5.75 Å². The molecule has 0 atom stereocenters. The summed E-state index contributed by atoms with van der Waals surface area (Å²) >= 11 is 1.90. The first-order valence-electron chi connectivity index (χ1n) is 5.03. The summed E-state index contributed by atoms with van der Waals surface area (Å²) in [6, 6.07) is 6.29. The Morgan fingerprint density at radius 3 is 2.57 bits per heavy atom. The third-order valence-electron chi connectivity index (χ3n) is 1.82. The van der Waals surface area contributed by atoms with Crippen LogP contribution in [0.3, 0.4) is 0 Å². The van der Waals surface area contributed by atoms with Crippen molar-refractivity contribution in [2.24, 2.45) is 0 Å². The van der Waals surface area contributed by atoms with Crippen LogP contribution in [0.2, 0.25) is 0 Å². The van der Waals surface area contributed by atoms with Crippen LogP contribution < -0.4 is 4.74 Å². The molecule has 14 heavy (non-hydrogen) atoms. The van der Waals surface area contributed by atoms with E-state index >= 15 is 0 Å². The van der Waals surface area contributed by atoms with Crippen molar-refractivity contribution in [2.45, 2.75) is 37.8 Å². The zero-order valence-corrected chi connectivity index (χ0v) is 10.1. The lowest BCUT2D eigenvalue weighted by Crippen LogP contribution is -1.93. The first-order chi connectivity index (χ1) is 6.63. The fourth-order valence-corrected chi connectivity index (χ4v) is 2.16. The normalized spacial score (nSPS) is 10.6. The summed E-state index contributed by atoms with van der Waals surface area (Å²) in [6.45, 7) is 9.29. The van der Waals surface area contributed by atoms with Gasteiger partial charge in [-0.3, -0.25) is 0 Å². The zero-order valence-electron chi connectivity index (χ0n) is 9.33. The lowest BCUT2D eigenvalue weighted by Gasteiger charge is -2.10. The lowest BCUT2D eigenvalue weighted by atomic mass is 10.2. The van der Waals surface area contributed by atoms with Gasteiger partial charge in [0.25, 0.3) is 0 Å². The Balaban J connectivity index is 2.79. The Labute approximate surface area is 90.9 Å². The standard InChI is InChI=1S/C12H18OS/c1-5-13-11-6-7-12(10(4)8-11)14-9(2)3/h6-9H,5H2,1-4H3. The van der Waals surface area contributed by atoms with Crippen LogP contribution in [0.15, 0.2) is 23.1 Å². The smallest absolute Gasteiger partial charge is 0.119 e. The molecule has 0 saturated carbocycles. The maximum absolute atomic E-state index is 5.44. The van der Waals surface area contributed by atoms with Crippen molar-refractivity contribution >= 4 is 11.8 Å². The number of hydrogen-bond donors (Lipinski definition) is 0. The minimum absolute atomic E-state index is 0.631. The molecular weight excluding hydrogens is 192 g/mol. The SMILES string of the molecule is CCOc1ccc(SC(C)C)c(C)c1. The molecule has 1 aromatic rings. The van der Waals surface area contributed by atoms with E-state index in [0.717, 1.165) is 12.4 Å². The van der Waals surface area contributed by atoms with Crippen LogP contribution in [0, 0.1) is 6.92 Å². The minimum Gasteiger partial charge on any atom is -0.494 e. The molecule has 0 bridgehead atoms. The van der Waals surface area contributed by atoms with Crippen molar-refractivity contribution in [3.8, 4) is 5.75 Å². The number of hydrogen-bond acceptors (Lipinski definition) is 2. The summed E-state index contributed by atoms with van der Waals surface area (Å²) in [4.78, 5) is 1.35. The van der Waals surface area contributed by atoms with Crippen LogP contribution >= 0.6 is 11.8 Å². The molecule has 1 nitrogen and oxygen atoms in total. The minimum atomic E-state index is 0.631. The maximum Gasteiger partial charge on any atom is 0.119 e. The highest BCUT2D eigenvalue weighted by molar-refractivity contribution is 8.00. The van der Waals surface area contributed by atoms with Gasteiger partial charge in [-0.15, -0.1) is 11.8 Å². The molecule has 0 aliphatic rings. The molecule has 2 heteroatoms. The molecule has 0 saturated heterocycles. The summed E-state index contributed by atoms with van der Waals surface area (Å²) in [5.41, 5.74) is 1.30. The van der Waals surface area contributed by atoms with Crippen LogP contribution in [-0.2, 0) is 0 Å². The van der Waals surface area contributed by atoms with Crippen molar-refractivity contribution in [3.05, 3.63) is 23.8 Å². The number of benzene rings is 1. The molecule has 0 aromatic heterocycles. The van der Waals surface area contributed by atoms with Gasteiger partial charge < -0.3 is 4.74 Å². The zero-order chi connectivity index (χ0) is 10.6. The number of rotatable bonds is 4. The van der Waals surface area contributed by atoms with Gasteiger partial charge in [-0.2, -0.15) is 0 Å². The molecule has 0 heterocycles. The summed E-state index contributed by atoms with van der Waals surface area (Å²) in [7, 11) is 0. The van der Waals surface area contributed by atoms with E-state index < -0.39 is 0 Å². The highest BCUT2D eigenvalue weighted by Gasteiger charge is 2.03. The fraction of sp³-hybridized carbons (Fsp3) is 0.500. The molecule has 0 fully saturated rings. The molecule has 1 aromatic carbocycles. The molecule has 0 aliphatic heterocycles. The van der Waals surface area contributed by atoms with E-state index in [0.29, 0.717) is 5.25 Å². The van der Waals surface area contributed by atoms with Gasteiger partial charge in [-0.1, -0.05) is 13.8 Å². The number of ether oxygens (including phenoxy) is 1. The van der Waals surface area contributed by atoms with Crippen molar-refractivity contribution in [2.75, 3.05) is 6.61 Å². The molecule has 0 amide bonds. The summed E-state index contributed by atoms with van der Waals surface area (Å²) < 4.78 is 5.44. The van der Waals surface area contributed by atoms with E-state index in [-0.39, 0.29) is 0 Å². The summed E-state index contributed by atoms with van der Waals surface area (Å²) in [5, 5.41) is 0.631. The summed E-state index contributed by atoms with van der Waals surface area (Å²) in [5.74, 6) is 0.970. The van der Waals surface area contributed by atoms with Crippen LogP contribution in [0.4, 0.5) is 0 Å². The third-order valence-corrected chi connectivity index (χ3v) is 3.00. The molecule has 0 unspecified atom stereocenters. The average Bonchev–Trinajstić information content (AvgIpc) is 2.10. The number of thioether (sulfide) groups is 1. The van der Waals surface area contributed by atoms with Crippen molar-refractivity contribution in [1.82, 2.24) is 0 Å². The van der Waals surface area contributed by atoms with Crippen molar-refractivity contribution in [1.29, 1.82) is 0 Å². The first-order valence-corrected chi connectivity index (χ1v) is 5.91. The summed E-state index contributed by atoms with van der Waals surface area (Å²) in [6.07, 6.45) is 0. The quantitative estimate of drug-likeness (QED) is 0.697. The Kier molecular flexibility index (Phi) is 4.33. The van der Waals surface area contributed by atoms with Gasteiger partial charge in [0.2, 0.25) is 0 Å². The van der Waals surface area contributed by atoms with Crippen LogP contribution in [0.1, 0.15) is 26.3 Å². The Bertz CT molecular complexity index is 294. The van der Waals surface area contributed by atoms with Crippen molar-refractivity contribution < 1.29 is 4.74 Å². The lowest BCUT2D eigenvalue weighted by molar-refractivity contribution is 0.340. The monoisotopic (exact) mass is 210 g/mol. The average molecular weight is 210 g/mol. The Morgan fingerprint density at radius 2 is 2.07 bits per heavy atom. The molecule has 0 radical (unpaired) electrons. The van der Waals surface area contributed by atoms with Gasteiger partial charge >= 0.3 is 0 Å². The fourth-order valence-electron chi connectivity index (χ4n) is 1.26. The molecule has 0 N–H and O–H groups in total. The van der Waals surface area contributed by atoms with E-state index in [1.165, 1.54) is 10.5 Å². The first kappa shape index (κ1) is 11.4. The van der Waals surface area contributed by atoms with Crippen LogP contribution in [0.5, 0.6) is 5.75 Å². The molecule has 0 aliphatic carbocycles. The van der Waals surface area contributed by atoms with E-state index in [1.807, 2.05) is 24.8 Å². The molecule has 1 rings (SSSR count). The highest BCUT2D eigenvalue weighted by atomic mass is 32.2. The van der Waals surface area contributed by atoms with E-state index in [4.69, 9.17) is 4.74 Å². The van der Waals surface area contributed by atoms with Gasteiger partial charge in [0, 0.05) is 10.1 Å². The van der Waals surface area contributed by atoms with Crippen molar-refractivity contribution in [3.63, 3.8) is 0 Å². The second-order valence-corrected chi connectivity index (χ2v) is 5.15. The maximum atomic E-state index is 5.44. The second-order valence-electron chi connectivity index (χ2n) is 3.53. The van der Waals surface area contributed by atoms with Gasteiger partial charge in [-0.05, 0) is 37.6 Å². The number of aryl methyl sites for hydroxylation is 1. The molecule has 78 valence electrons. The largest absolute Gasteiger partial charge is 0.494 e. The van der Waals surface area contributed by atoms with Gasteiger partial charge in [0.05, 0.1) is 6.61 Å². The topological polar surface area (TPSA) is 9.23 Å². The second kappa shape index (κ2) is 5.30. The predicted octanol–water partition coefficient (Wildman–Crippen LogP) is 3.89. The van der Waals surface area contributed by atoms with Gasteiger partial charge in [-0.25, -0.2) is 0 Å². The Hall–Kier alpha value is -0.630. The van der Waals surface area contributed by atoms with Crippen LogP contribution in [0.25, 0.3) is 0 Å².